The van der Waals surface area contributed by atoms with Gasteiger partial charge >= 0.3 is 12.1 Å². The fourth-order valence-electron chi connectivity index (χ4n) is 1.23. The third kappa shape index (κ3) is 8.29. The second-order valence-electron chi connectivity index (χ2n) is 4.13. The lowest BCUT2D eigenvalue weighted by atomic mass is 10.1. The number of aliphatic carboxylic acids is 1. The van der Waals surface area contributed by atoms with Crippen molar-refractivity contribution in [1.29, 1.82) is 0 Å². The molecule has 0 saturated heterocycles. The van der Waals surface area contributed by atoms with E-state index in [9.17, 15) is 27.6 Å². The monoisotopic (exact) mass is 299 g/mol. The Morgan fingerprint density at radius 1 is 1.35 bits per heavy atom. The Kier molecular flexibility index (Phi) is 6.97. The Balaban J connectivity index is 4.18. The maximum absolute atomic E-state index is 11.8. The van der Waals surface area contributed by atoms with Gasteiger partial charge in [-0.1, -0.05) is 0 Å². The molecule has 0 spiro atoms. The van der Waals surface area contributed by atoms with E-state index in [1.54, 1.807) is 5.32 Å². The minimum atomic E-state index is -4.53. The predicted octanol–water partition coefficient (Wildman–Crippen LogP) is -0.685. The number of rotatable bonds is 7. The number of hydrogen-bond donors (Lipinski definition) is 3. The molecule has 1 unspecified atom stereocenters. The number of carboxylic acids is 1. The number of halogens is 3. The maximum Gasteiger partial charge on any atom is 0.405 e. The molecule has 0 heterocycles. The minimum absolute atomic E-state index is 0.122. The van der Waals surface area contributed by atoms with Crippen LogP contribution in [0.25, 0.3) is 0 Å². The fraction of sp³-hybridized carbons (Fsp3) is 0.700. The highest BCUT2D eigenvalue weighted by atomic mass is 19.4. The van der Waals surface area contributed by atoms with E-state index < -0.39 is 43.1 Å². The number of hydrogen-bond acceptors (Lipinski definition) is 4. The van der Waals surface area contributed by atoms with Crippen molar-refractivity contribution in [3.63, 3.8) is 0 Å². The summed E-state index contributed by atoms with van der Waals surface area (Å²) in [7, 11) is 1.19. The average molecular weight is 299 g/mol. The van der Waals surface area contributed by atoms with Crippen molar-refractivity contribution in [3.05, 3.63) is 0 Å². The fourth-order valence-corrected chi connectivity index (χ4v) is 1.23. The SMILES string of the molecule is CN(CC(=O)NCC(F)(F)F)C(=O)C(N)CCC(=O)O. The van der Waals surface area contributed by atoms with E-state index in [2.05, 4.69) is 0 Å². The van der Waals surface area contributed by atoms with Crippen molar-refractivity contribution in [2.24, 2.45) is 5.73 Å². The van der Waals surface area contributed by atoms with Gasteiger partial charge in [-0.2, -0.15) is 13.2 Å². The van der Waals surface area contributed by atoms with E-state index in [4.69, 9.17) is 10.8 Å². The normalized spacial score (nSPS) is 12.7. The molecule has 0 aliphatic rings. The number of nitrogens with one attached hydrogen (secondary N) is 1. The molecule has 4 N–H and O–H groups in total. The molecule has 10 heteroatoms. The molecular formula is C10H16F3N3O4. The van der Waals surface area contributed by atoms with Crippen LogP contribution in [0.4, 0.5) is 13.2 Å². The van der Waals surface area contributed by atoms with E-state index in [-0.39, 0.29) is 12.8 Å². The first-order valence-corrected chi connectivity index (χ1v) is 5.58. The van der Waals surface area contributed by atoms with E-state index in [1.807, 2.05) is 0 Å². The molecule has 0 bridgehead atoms. The Morgan fingerprint density at radius 3 is 2.35 bits per heavy atom. The molecule has 0 aromatic rings. The molecule has 2 amide bonds. The molecule has 0 fully saturated rings. The number of amides is 2. The zero-order valence-electron chi connectivity index (χ0n) is 10.7. The molecule has 116 valence electrons. The average Bonchev–Trinajstić information content (AvgIpc) is 2.31. The number of likely N-dealkylation sites (N-methyl/N-ethyl adjacent to an activating group) is 1. The van der Waals surface area contributed by atoms with Crippen LogP contribution in [0.2, 0.25) is 0 Å². The van der Waals surface area contributed by atoms with Crippen molar-refractivity contribution in [2.45, 2.75) is 25.1 Å². The number of carbonyl (C=O) groups excluding carboxylic acids is 2. The zero-order chi connectivity index (χ0) is 15.9. The van der Waals surface area contributed by atoms with Crippen LogP contribution in [0.5, 0.6) is 0 Å². The van der Waals surface area contributed by atoms with Crippen LogP contribution in [-0.4, -0.2) is 60.1 Å². The summed E-state index contributed by atoms with van der Waals surface area (Å²) in [5.74, 6) is -2.82. The van der Waals surface area contributed by atoms with E-state index in [0.717, 1.165) is 4.90 Å². The van der Waals surface area contributed by atoms with Gasteiger partial charge in [0.05, 0.1) is 12.6 Å². The van der Waals surface area contributed by atoms with Gasteiger partial charge in [-0.15, -0.1) is 0 Å². The standard InChI is InChI=1S/C10H16F3N3O4/c1-16(4-7(17)15-5-10(11,12)13)9(20)6(14)2-3-8(18)19/h6H,2-5,14H2,1H3,(H,15,17)(H,18,19). The minimum Gasteiger partial charge on any atom is -0.481 e. The topological polar surface area (TPSA) is 113 Å². The highest BCUT2D eigenvalue weighted by Crippen LogP contribution is 2.12. The van der Waals surface area contributed by atoms with Gasteiger partial charge < -0.3 is 21.1 Å². The predicted molar refractivity (Wildman–Crippen MR) is 61.5 cm³/mol. The molecule has 0 rings (SSSR count). The van der Waals surface area contributed by atoms with Gasteiger partial charge in [0.1, 0.15) is 6.54 Å². The number of nitrogens with zero attached hydrogens (tertiary/aromatic N) is 1. The van der Waals surface area contributed by atoms with Crippen LogP contribution in [0.1, 0.15) is 12.8 Å². The third-order valence-corrected chi connectivity index (χ3v) is 2.23. The summed E-state index contributed by atoms with van der Waals surface area (Å²) in [4.78, 5) is 33.9. The number of nitrogens with two attached hydrogens (primary N) is 1. The van der Waals surface area contributed by atoms with E-state index in [1.165, 1.54) is 7.05 Å². The van der Waals surface area contributed by atoms with E-state index >= 15 is 0 Å². The second-order valence-corrected chi connectivity index (χ2v) is 4.13. The first kappa shape index (κ1) is 18.2. The molecule has 20 heavy (non-hydrogen) atoms. The summed E-state index contributed by atoms with van der Waals surface area (Å²) < 4.78 is 35.5. The Labute approximate surface area is 112 Å². The zero-order valence-corrected chi connectivity index (χ0v) is 10.7. The van der Waals surface area contributed by atoms with E-state index in [0.29, 0.717) is 0 Å². The van der Waals surface area contributed by atoms with Crippen molar-refractivity contribution < 1.29 is 32.7 Å². The van der Waals surface area contributed by atoms with Gasteiger partial charge in [0, 0.05) is 13.5 Å². The molecule has 0 saturated carbocycles. The number of carbonyl (C=O) groups is 3. The second kappa shape index (κ2) is 7.68. The van der Waals surface area contributed by atoms with Crippen molar-refractivity contribution in [1.82, 2.24) is 10.2 Å². The van der Waals surface area contributed by atoms with Crippen LogP contribution in [-0.2, 0) is 14.4 Å². The summed E-state index contributed by atoms with van der Waals surface area (Å²) in [6, 6.07) is -1.12. The highest BCUT2D eigenvalue weighted by Gasteiger charge is 2.28. The lowest BCUT2D eigenvalue weighted by molar-refractivity contribution is -0.142. The first-order valence-electron chi connectivity index (χ1n) is 5.58. The molecule has 1 atom stereocenters. The van der Waals surface area contributed by atoms with Gasteiger partial charge in [-0.25, -0.2) is 0 Å². The summed E-state index contributed by atoms with van der Waals surface area (Å²) in [6.07, 6.45) is -4.97. The largest absolute Gasteiger partial charge is 0.481 e. The lowest BCUT2D eigenvalue weighted by Gasteiger charge is -2.20. The number of alkyl halides is 3. The summed E-state index contributed by atoms with van der Waals surface area (Å²) >= 11 is 0. The quantitative estimate of drug-likeness (QED) is 0.576. The van der Waals surface area contributed by atoms with Gasteiger partial charge in [0.15, 0.2) is 0 Å². The summed E-state index contributed by atoms with van der Waals surface area (Å²) in [5.41, 5.74) is 5.42. The molecule has 0 aliphatic carbocycles. The third-order valence-electron chi connectivity index (χ3n) is 2.23. The van der Waals surface area contributed by atoms with Crippen LogP contribution in [0.3, 0.4) is 0 Å². The van der Waals surface area contributed by atoms with Crippen LogP contribution < -0.4 is 11.1 Å². The van der Waals surface area contributed by atoms with Gasteiger partial charge in [0.2, 0.25) is 11.8 Å². The first-order chi connectivity index (χ1) is 9.03. The summed E-state index contributed by atoms with van der Waals surface area (Å²) in [5, 5.41) is 10.0. The maximum atomic E-state index is 11.8. The lowest BCUT2D eigenvalue weighted by Crippen LogP contribution is -2.47. The molecule has 7 nitrogen and oxygen atoms in total. The van der Waals surface area contributed by atoms with Crippen LogP contribution in [0, 0.1) is 0 Å². The molecular weight excluding hydrogens is 283 g/mol. The molecule has 0 aromatic heterocycles. The highest BCUT2D eigenvalue weighted by molar-refractivity contribution is 5.87. The molecule has 0 aromatic carbocycles. The van der Waals surface area contributed by atoms with Crippen molar-refractivity contribution >= 4 is 17.8 Å². The van der Waals surface area contributed by atoms with Gasteiger partial charge in [-0.05, 0) is 6.42 Å². The molecule has 0 radical (unpaired) electrons. The Bertz CT molecular complexity index is 373. The van der Waals surface area contributed by atoms with Crippen molar-refractivity contribution in [3.8, 4) is 0 Å². The molecule has 0 aliphatic heterocycles. The number of carboxylic acid groups (broad SMARTS) is 1. The van der Waals surface area contributed by atoms with Gasteiger partial charge in [-0.3, -0.25) is 14.4 Å². The smallest absolute Gasteiger partial charge is 0.405 e. The van der Waals surface area contributed by atoms with Gasteiger partial charge in [0.25, 0.3) is 0 Å². The van der Waals surface area contributed by atoms with Crippen molar-refractivity contribution in [2.75, 3.05) is 20.1 Å². The Morgan fingerprint density at radius 2 is 1.90 bits per heavy atom. The van der Waals surface area contributed by atoms with Crippen LogP contribution in [0.15, 0.2) is 0 Å². The van der Waals surface area contributed by atoms with Crippen LogP contribution >= 0.6 is 0 Å². The summed E-state index contributed by atoms with van der Waals surface area (Å²) in [6.45, 7) is -2.07. The Hall–Kier alpha value is -1.84.